The van der Waals surface area contributed by atoms with Crippen molar-refractivity contribution in [2.45, 2.75) is 25.4 Å². The first-order valence-electron chi connectivity index (χ1n) is 10.1. The van der Waals surface area contributed by atoms with Gasteiger partial charge in [-0.3, -0.25) is 9.59 Å². The molecule has 2 aromatic heterocycles. The molecule has 8 nitrogen and oxygen atoms in total. The number of aromatic nitrogens is 4. The van der Waals surface area contributed by atoms with Gasteiger partial charge in [-0.15, -0.1) is 5.10 Å². The number of rotatable bonds is 4. The molecule has 3 heterocycles. The summed E-state index contributed by atoms with van der Waals surface area (Å²) in [5.74, 6) is -2.00. The molecule has 0 spiro atoms. The fourth-order valence-corrected chi connectivity index (χ4v) is 4.10. The van der Waals surface area contributed by atoms with E-state index in [-0.39, 0.29) is 23.8 Å². The zero-order chi connectivity index (χ0) is 23.0. The minimum atomic E-state index is -1.06. The summed E-state index contributed by atoms with van der Waals surface area (Å²) in [6, 6.07) is 3.10. The molecule has 1 fully saturated rings. The molecule has 32 heavy (non-hydrogen) atoms. The van der Waals surface area contributed by atoms with Gasteiger partial charge in [0.2, 0.25) is 11.1 Å². The fraction of sp³-hybridized carbons (Fsp3) is 0.381. The van der Waals surface area contributed by atoms with E-state index >= 15 is 0 Å². The van der Waals surface area contributed by atoms with Gasteiger partial charge in [-0.25, -0.2) is 18.3 Å². The highest BCUT2D eigenvalue weighted by atomic mass is 32.2. The molecule has 0 bridgehead atoms. The number of carbonyl (C=O) groups excluding carboxylic acids is 2. The van der Waals surface area contributed by atoms with Crippen molar-refractivity contribution in [1.29, 1.82) is 0 Å². The van der Waals surface area contributed by atoms with Crippen molar-refractivity contribution in [3.63, 3.8) is 0 Å². The summed E-state index contributed by atoms with van der Waals surface area (Å²) in [6.07, 6.45) is 2.06. The number of hydrogen-bond donors (Lipinski definition) is 0. The Kier molecular flexibility index (Phi) is 6.09. The van der Waals surface area contributed by atoms with Gasteiger partial charge in [0.15, 0.2) is 11.6 Å². The van der Waals surface area contributed by atoms with E-state index in [4.69, 9.17) is 0 Å². The molecule has 0 atom stereocenters. The Morgan fingerprint density at radius 2 is 1.72 bits per heavy atom. The van der Waals surface area contributed by atoms with Crippen LogP contribution < -0.4 is 0 Å². The van der Waals surface area contributed by atoms with E-state index in [0.717, 1.165) is 29.1 Å². The Hall–Kier alpha value is -3.08. The number of amides is 2. The second-order valence-corrected chi connectivity index (χ2v) is 8.32. The number of hydrogen-bond acceptors (Lipinski definition) is 6. The van der Waals surface area contributed by atoms with Gasteiger partial charge in [0.25, 0.3) is 11.7 Å². The van der Waals surface area contributed by atoms with Gasteiger partial charge in [0.1, 0.15) is 0 Å². The molecule has 1 aromatic carbocycles. The van der Waals surface area contributed by atoms with E-state index in [9.17, 15) is 18.4 Å². The van der Waals surface area contributed by atoms with E-state index < -0.39 is 11.6 Å². The van der Waals surface area contributed by atoms with Crippen molar-refractivity contribution >= 4 is 29.4 Å². The summed E-state index contributed by atoms with van der Waals surface area (Å²) < 4.78 is 28.2. The molecule has 0 unspecified atom stereocenters. The first-order valence-corrected chi connectivity index (χ1v) is 11.3. The Morgan fingerprint density at radius 3 is 2.38 bits per heavy atom. The Bertz CT molecular complexity index is 1210. The van der Waals surface area contributed by atoms with Crippen molar-refractivity contribution in [3.8, 4) is 0 Å². The normalized spacial score (nSPS) is 14.3. The van der Waals surface area contributed by atoms with Gasteiger partial charge >= 0.3 is 0 Å². The molecule has 3 aromatic rings. The van der Waals surface area contributed by atoms with Crippen LogP contribution in [0.3, 0.4) is 0 Å². The Labute approximate surface area is 187 Å². The van der Waals surface area contributed by atoms with Crippen LogP contribution in [0.4, 0.5) is 8.78 Å². The maximum atomic E-state index is 13.5. The van der Waals surface area contributed by atoms with Crippen LogP contribution in [0.1, 0.15) is 27.3 Å². The number of piperazine rings is 1. The summed E-state index contributed by atoms with van der Waals surface area (Å²) in [4.78, 5) is 37.6. The Morgan fingerprint density at radius 1 is 1.03 bits per heavy atom. The van der Waals surface area contributed by atoms with Gasteiger partial charge in [-0.05, 0) is 38.3 Å². The molecule has 1 aliphatic rings. The van der Waals surface area contributed by atoms with Crippen LogP contribution in [0.2, 0.25) is 0 Å². The first-order chi connectivity index (χ1) is 15.3. The lowest BCUT2D eigenvalue weighted by Crippen LogP contribution is -2.51. The van der Waals surface area contributed by atoms with Crippen molar-refractivity contribution in [1.82, 2.24) is 29.4 Å². The third kappa shape index (κ3) is 4.16. The second kappa shape index (κ2) is 8.81. The molecule has 4 rings (SSSR count). The van der Waals surface area contributed by atoms with Gasteiger partial charge in [0.05, 0.1) is 6.42 Å². The molecule has 0 N–H and O–H groups in total. The molecule has 168 valence electrons. The zero-order valence-electron chi connectivity index (χ0n) is 17.9. The van der Waals surface area contributed by atoms with E-state index in [1.54, 1.807) is 14.3 Å². The minimum absolute atomic E-state index is 0.0671. The van der Waals surface area contributed by atoms with Gasteiger partial charge < -0.3 is 9.80 Å². The third-order valence-corrected chi connectivity index (χ3v) is 6.16. The molecular weight excluding hydrogens is 438 g/mol. The molecule has 0 aliphatic carbocycles. The molecular formula is C21H22F2N6O2S. The summed E-state index contributed by atoms with van der Waals surface area (Å²) in [7, 11) is 0. The predicted molar refractivity (Wildman–Crippen MR) is 115 cm³/mol. The highest BCUT2D eigenvalue weighted by Crippen LogP contribution is 2.19. The summed E-state index contributed by atoms with van der Waals surface area (Å²) >= 11 is 1.42. The summed E-state index contributed by atoms with van der Waals surface area (Å²) in [5, 5.41) is 5.02. The summed E-state index contributed by atoms with van der Waals surface area (Å²) in [5.41, 5.74) is 2.45. The molecule has 2 amide bonds. The monoisotopic (exact) mass is 460 g/mol. The number of thioether (sulfide) groups is 1. The fourth-order valence-electron chi connectivity index (χ4n) is 3.77. The van der Waals surface area contributed by atoms with E-state index in [1.165, 1.54) is 17.8 Å². The molecule has 1 saturated heterocycles. The number of nitrogens with zero attached hydrogens (tertiary/aromatic N) is 6. The maximum absolute atomic E-state index is 13.5. The second-order valence-electron chi connectivity index (χ2n) is 7.55. The van der Waals surface area contributed by atoms with Gasteiger partial charge in [-0.1, -0.05) is 11.8 Å². The number of fused-ring (bicyclic) bond motifs is 1. The van der Waals surface area contributed by atoms with E-state index in [0.29, 0.717) is 37.1 Å². The minimum Gasteiger partial charge on any atom is -0.339 e. The van der Waals surface area contributed by atoms with Crippen molar-refractivity contribution in [3.05, 3.63) is 52.3 Å². The smallest absolute Gasteiger partial charge is 0.254 e. The molecule has 0 radical (unpaired) electrons. The summed E-state index contributed by atoms with van der Waals surface area (Å²) in [6.45, 7) is 5.10. The topological polar surface area (TPSA) is 83.7 Å². The average molecular weight is 461 g/mol. The largest absolute Gasteiger partial charge is 0.339 e. The highest BCUT2D eigenvalue weighted by molar-refractivity contribution is 7.98. The van der Waals surface area contributed by atoms with Crippen LogP contribution in [0, 0.1) is 25.5 Å². The molecule has 11 heteroatoms. The number of halogens is 2. The maximum Gasteiger partial charge on any atom is 0.254 e. The standard InChI is InChI=1S/C21H22F2N6O2S/c1-12-15(13(2)29-20(24-12)25-21(26-29)32-3)11-18(30)27-6-8-28(9-7-27)19(31)14-4-5-16(22)17(23)10-14/h4-5,10H,6-9,11H2,1-3H3. The number of benzene rings is 1. The lowest BCUT2D eigenvalue weighted by Gasteiger charge is -2.35. The lowest BCUT2D eigenvalue weighted by molar-refractivity contribution is -0.131. The number of carbonyl (C=O) groups is 2. The van der Waals surface area contributed by atoms with Crippen LogP contribution in [-0.4, -0.2) is 73.6 Å². The zero-order valence-corrected chi connectivity index (χ0v) is 18.7. The van der Waals surface area contributed by atoms with Crippen molar-refractivity contribution in [2.24, 2.45) is 0 Å². The Balaban J connectivity index is 1.42. The van der Waals surface area contributed by atoms with Gasteiger partial charge in [-0.2, -0.15) is 4.98 Å². The first kappa shape index (κ1) is 22.1. The van der Waals surface area contributed by atoms with Crippen LogP contribution >= 0.6 is 11.8 Å². The molecule has 0 saturated carbocycles. The van der Waals surface area contributed by atoms with Crippen molar-refractivity contribution < 1.29 is 18.4 Å². The van der Waals surface area contributed by atoms with Crippen LogP contribution in [-0.2, 0) is 11.2 Å². The average Bonchev–Trinajstić information content (AvgIpc) is 3.21. The van der Waals surface area contributed by atoms with E-state index in [2.05, 4.69) is 15.1 Å². The van der Waals surface area contributed by atoms with Crippen LogP contribution in [0.25, 0.3) is 5.78 Å². The lowest BCUT2D eigenvalue weighted by atomic mass is 10.1. The number of aryl methyl sites for hydroxylation is 2. The third-order valence-electron chi connectivity index (χ3n) is 5.63. The van der Waals surface area contributed by atoms with Gasteiger partial charge in [0, 0.05) is 48.7 Å². The highest BCUT2D eigenvalue weighted by Gasteiger charge is 2.26. The SMILES string of the molecule is CSc1nc2nc(C)c(CC(=O)N3CCN(C(=O)c4ccc(F)c(F)c4)CC3)c(C)n2n1. The van der Waals surface area contributed by atoms with E-state index in [1.807, 2.05) is 20.1 Å². The van der Waals surface area contributed by atoms with Crippen LogP contribution in [0.5, 0.6) is 0 Å². The predicted octanol–water partition coefficient (Wildman–Crippen LogP) is 2.27. The molecule has 1 aliphatic heterocycles. The van der Waals surface area contributed by atoms with Crippen LogP contribution in [0.15, 0.2) is 23.4 Å². The quantitative estimate of drug-likeness (QED) is 0.556. The van der Waals surface area contributed by atoms with Crippen molar-refractivity contribution in [2.75, 3.05) is 32.4 Å².